The van der Waals surface area contributed by atoms with Gasteiger partial charge in [0.25, 0.3) is 0 Å². The molecule has 4 heteroatoms. The van der Waals surface area contributed by atoms with Crippen LogP contribution in [0.1, 0.15) is 12.5 Å². The second kappa shape index (κ2) is 5.99. The van der Waals surface area contributed by atoms with E-state index in [1.165, 1.54) is 12.1 Å². The molecule has 0 atom stereocenters. The summed E-state index contributed by atoms with van der Waals surface area (Å²) in [6.45, 7) is 3.28. The number of rotatable bonds is 5. The zero-order chi connectivity index (χ0) is 11.1. The van der Waals surface area contributed by atoms with Crippen molar-refractivity contribution in [3.05, 3.63) is 29.6 Å². The van der Waals surface area contributed by atoms with Gasteiger partial charge in [-0.25, -0.2) is 4.39 Å². The molecule has 15 heavy (non-hydrogen) atoms. The van der Waals surface area contributed by atoms with Crippen molar-refractivity contribution >= 4 is 0 Å². The van der Waals surface area contributed by atoms with Crippen molar-refractivity contribution in [2.75, 3.05) is 13.2 Å². The van der Waals surface area contributed by atoms with Crippen molar-refractivity contribution in [1.82, 2.24) is 5.32 Å². The first kappa shape index (κ1) is 11.5. The predicted molar refractivity (Wildman–Crippen MR) is 54.9 cm³/mol. The van der Waals surface area contributed by atoms with Crippen LogP contribution < -0.4 is 10.1 Å². The van der Waals surface area contributed by atoms with Gasteiger partial charge in [0.2, 0.25) is 0 Å². The fraction of sp³-hybridized carbons (Fsp3) is 0.364. The second-order valence-electron chi connectivity index (χ2n) is 2.98. The lowest BCUT2D eigenvalue weighted by molar-refractivity contribution is 0.362. The monoisotopic (exact) mass is 208 g/mol. The van der Waals surface area contributed by atoms with Crippen LogP contribution in [0, 0.1) is 17.1 Å². The van der Waals surface area contributed by atoms with E-state index in [-0.39, 0.29) is 12.4 Å². The van der Waals surface area contributed by atoms with Crippen LogP contribution in [0.15, 0.2) is 18.2 Å². The minimum Gasteiger partial charge on any atom is -0.478 e. The van der Waals surface area contributed by atoms with Crippen molar-refractivity contribution in [1.29, 1.82) is 5.26 Å². The molecule has 0 amide bonds. The lowest BCUT2D eigenvalue weighted by Gasteiger charge is -2.09. The average Bonchev–Trinajstić information content (AvgIpc) is 2.25. The van der Waals surface area contributed by atoms with Gasteiger partial charge in [-0.05, 0) is 24.7 Å². The summed E-state index contributed by atoms with van der Waals surface area (Å²) in [5.41, 5.74) is 0.729. The molecule has 3 nitrogen and oxygen atoms in total. The zero-order valence-corrected chi connectivity index (χ0v) is 8.59. The summed E-state index contributed by atoms with van der Waals surface area (Å²) in [6.07, 6.45) is 0. The summed E-state index contributed by atoms with van der Waals surface area (Å²) >= 11 is 0. The van der Waals surface area contributed by atoms with Crippen LogP contribution in [0.3, 0.4) is 0 Å². The molecule has 0 aliphatic heterocycles. The molecule has 0 aliphatic rings. The summed E-state index contributed by atoms with van der Waals surface area (Å²) in [5.74, 6) is 0.256. The molecule has 0 aromatic heterocycles. The van der Waals surface area contributed by atoms with Crippen molar-refractivity contribution in [3.8, 4) is 11.8 Å². The lowest BCUT2D eigenvalue weighted by atomic mass is 10.2. The maximum atomic E-state index is 12.9. The van der Waals surface area contributed by atoms with Crippen LogP contribution in [-0.2, 0) is 6.54 Å². The Bertz CT molecular complexity index is 360. The van der Waals surface area contributed by atoms with E-state index >= 15 is 0 Å². The molecule has 0 saturated carbocycles. The molecule has 1 aromatic rings. The highest BCUT2D eigenvalue weighted by molar-refractivity contribution is 5.34. The smallest absolute Gasteiger partial charge is 0.174 e. The number of nitrogens with zero attached hydrogens (tertiary/aromatic N) is 1. The molecule has 0 unspecified atom stereocenters. The maximum absolute atomic E-state index is 12.9. The Balaban J connectivity index is 2.78. The molecule has 0 fully saturated rings. The average molecular weight is 208 g/mol. The number of ether oxygens (including phenoxy) is 1. The topological polar surface area (TPSA) is 45.0 Å². The zero-order valence-electron chi connectivity index (χ0n) is 8.59. The molecule has 0 saturated heterocycles. The van der Waals surface area contributed by atoms with Crippen LogP contribution in [-0.4, -0.2) is 13.2 Å². The molecule has 0 radical (unpaired) electrons. The normalized spacial score (nSPS) is 9.67. The van der Waals surface area contributed by atoms with Gasteiger partial charge in [0.05, 0.1) is 0 Å². The van der Waals surface area contributed by atoms with Crippen molar-refractivity contribution in [2.45, 2.75) is 13.5 Å². The molecule has 0 bridgehead atoms. The van der Waals surface area contributed by atoms with Crippen LogP contribution in [0.2, 0.25) is 0 Å². The van der Waals surface area contributed by atoms with Gasteiger partial charge in [0, 0.05) is 12.1 Å². The van der Waals surface area contributed by atoms with Crippen LogP contribution in [0.4, 0.5) is 4.39 Å². The van der Waals surface area contributed by atoms with Gasteiger partial charge in [0.1, 0.15) is 17.6 Å². The standard InChI is InChI=1S/C11H13FN2O/c1-2-14-8-9-7-10(12)3-4-11(9)15-6-5-13/h3-4,7,14H,2,6,8H2,1H3. The summed E-state index contributed by atoms with van der Waals surface area (Å²) in [7, 11) is 0. The van der Waals surface area contributed by atoms with Crippen LogP contribution in [0.5, 0.6) is 5.75 Å². The molecule has 0 heterocycles. The van der Waals surface area contributed by atoms with Gasteiger partial charge in [-0.15, -0.1) is 0 Å². The molecule has 1 rings (SSSR count). The number of hydrogen-bond acceptors (Lipinski definition) is 3. The number of nitrogens with one attached hydrogen (secondary N) is 1. The van der Waals surface area contributed by atoms with E-state index in [0.29, 0.717) is 12.3 Å². The summed E-state index contributed by atoms with van der Waals surface area (Å²) < 4.78 is 18.1. The number of halogens is 1. The van der Waals surface area contributed by atoms with Crippen LogP contribution >= 0.6 is 0 Å². The van der Waals surface area contributed by atoms with E-state index in [1.54, 1.807) is 6.07 Å². The van der Waals surface area contributed by atoms with Gasteiger partial charge in [-0.3, -0.25) is 0 Å². The quantitative estimate of drug-likeness (QED) is 0.803. The van der Waals surface area contributed by atoms with E-state index in [2.05, 4.69) is 5.32 Å². The van der Waals surface area contributed by atoms with Gasteiger partial charge in [-0.1, -0.05) is 6.92 Å². The maximum Gasteiger partial charge on any atom is 0.174 e. The van der Waals surface area contributed by atoms with E-state index in [9.17, 15) is 4.39 Å². The third-order valence-corrected chi connectivity index (χ3v) is 1.88. The van der Waals surface area contributed by atoms with Gasteiger partial charge < -0.3 is 10.1 Å². The molecular formula is C11H13FN2O. The first-order chi connectivity index (χ1) is 7.27. The number of benzene rings is 1. The Kier molecular flexibility index (Phi) is 4.58. The molecular weight excluding hydrogens is 195 g/mol. The highest BCUT2D eigenvalue weighted by Gasteiger charge is 2.04. The molecule has 80 valence electrons. The molecule has 0 aliphatic carbocycles. The van der Waals surface area contributed by atoms with Crippen molar-refractivity contribution in [3.63, 3.8) is 0 Å². The predicted octanol–water partition coefficient (Wildman–Crippen LogP) is 1.84. The molecule has 0 spiro atoms. The Morgan fingerprint density at radius 2 is 2.33 bits per heavy atom. The Labute approximate surface area is 88.5 Å². The summed E-state index contributed by atoms with van der Waals surface area (Å²) in [5, 5.41) is 11.5. The van der Waals surface area contributed by atoms with Crippen LogP contribution in [0.25, 0.3) is 0 Å². The SMILES string of the molecule is CCNCc1cc(F)ccc1OCC#N. The lowest BCUT2D eigenvalue weighted by Crippen LogP contribution is -2.13. The van der Waals surface area contributed by atoms with E-state index in [1.807, 2.05) is 13.0 Å². The third-order valence-electron chi connectivity index (χ3n) is 1.88. The highest BCUT2D eigenvalue weighted by Crippen LogP contribution is 2.19. The second-order valence-corrected chi connectivity index (χ2v) is 2.98. The van der Waals surface area contributed by atoms with Gasteiger partial charge in [0.15, 0.2) is 6.61 Å². The van der Waals surface area contributed by atoms with E-state index < -0.39 is 0 Å². The molecule has 1 N–H and O–H groups in total. The van der Waals surface area contributed by atoms with Gasteiger partial charge in [-0.2, -0.15) is 5.26 Å². The van der Waals surface area contributed by atoms with E-state index in [4.69, 9.17) is 10.00 Å². The minimum absolute atomic E-state index is 0.0231. The largest absolute Gasteiger partial charge is 0.478 e. The number of nitriles is 1. The Morgan fingerprint density at radius 1 is 1.53 bits per heavy atom. The summed E-state index contributed by atoms with van der Waals surface area (Å²) in [4.78, 5) is 0. The third kappa shape index (κ3) is 3.56. The Morgan fingerprint density at radius 3 is 3.00 bits per heavy atom. The summed E-state index contributed by atoms with van der Waals surface area (Å²) in [6, 6.07) is 6.15. The number of hydrogen-bond donors (Lipinski definition) is 1. The molecule has 1 aromatic carbocycles. The fourth-order valence-electron chi connectivity index (χ4n) is 1.20. The van der Waals surface area contributed by atoms with Gasteiger partial charge >= 0.3 is 0 Å². The fourth-order valence-corrected chi connectivity index (χ4v) is 1.20. The van der Waals surface area contributed by atoms with Crippen molar-refractivity contribution < 1.29 is 9.13 Å². The first-order valence-electron chi connectivity index (χ1n) is 4.76. The van der Waals surface area contributed by atoms with Crippen molar-refractivity contribution in [2.24, 2.45) is 0 Å². The van der Waals surface area contributed by atoms with E-state index in [0.717, 1.165) is 12.1 Å². The Hall–Kier alpha value is -1.60. The first-order valence-corrected chi connectivity index (χ1v) is 4.76. The highest BCUT2D eigenvalue weighted by atomic mass is 19.1. The minimum atomic E-state index is -0.299.